The Balaban J connectivity index is 1.91. The van der Waals surface area contributed by atoms with Crippen LogP contribution in [0.1, 0.15) is 5.56 Å². The molecule has 2 nitrogen and oxygen atoms in total. The lowest BCUT2D eigenvalue weighted by atomic mass is 10.1. The lowest BCUT2D eigenvalue weighted by Crippen LogP contribution is -2.27. The lowest BCUT2D eigenvalue weighted by molar-refractivity contribution is -0.124. The number of nitrogens with zero attached hydrogens (tertiary/aromatic N) is 1. The average molecular weight is 205 g/mol. The van der Waals surface area contributed by atoms with Gasteiger partial charge in [0.2, 0.25) is 5.91 Å². The first-order valence-corrected chi connectivity index (χ1v) is 4.95. The number of amides is 1. The number of benzene rings is 1. The van der Waals surface area contributed by atoms with Gasteiger partial charge >= 0.3 is 0 Å². The Labute approximate surface area is 88.0 Å². The summed E-state index contributed by atoms with van der Waals surface area (Å²) in [5, 5.41) is 0. The minimum Gasteiger partial charge on any atom is -0.335 e. The largest absolute Gasteiger partial charge is 0.335 e. The smallest absolute Gasteiger partial charge is 0.246 e. The van der Waals surface area contributed by atoms with E-state index >= 15 is 0 Å². The monoisotopic (exact) mass is 205 g/mol. The van der Waals surface area contributed by atoms with E-state index in [1.165, 1.54) is 12.1 Å². The molecule has 1 aliphatic heterocycles. The first kappa shape index (κ1) is 9.90. The van der Waals surface area contributed by atoms with Gasteiger partial charge in [0.25, 0.3) is 0 Å². The topological polar surface area (TPSA) is 20.3 Å². The van der Waals surface area contributed by atoms with E-state index in [0.29, 0.717) is 19.5 Å². The molecule has 0 saturated heterocycles. The molecule has 0 unspecified atom stereocenters. The molecule has 0 N–H and O–H groups in total. The van der Waals surface area contributed by atoms with Crippen molar-refractivity contribution in [3.05, 3.63) is 47.8 Å². The summed E-state index contributed by atoms with van der Waals surface area (Å²) in [4.78, 5) is 13.0. The fraction of sp³-hybridized carbons (Fsp3) is 0.250. The van der Waals surface area contributed by atoms with Crippen molar-refractivity contribution in [2.75, 3.05) is 13.1 Å². The first-order chi connectivity index (χ1) is 7.25. The highest BCUT2D eigenvalue weighted by molar-refractivity contribution is 5.89. The van der Waals surface area contributed by atoms with Crippen molar-refractivity contribution in [2.24, 2.45) is 0 Å². The zero-order valence-electron chi connectivity index (χ0n) is 8.32. The zero-order chi connectivity index (χ0) is 10.7. The molecule has 2 rings (SSSR count). The van der Waals surface area contributed by atoms with Crippen LogP contribution in [0.2, 0.25) is 0 Å². The normalized spacial score (nSPS) is 15.0. The first-order valence-electron chi connectivity index (χ1n) is 4.95. The van der Waals surface area contributed by atoms with Gasteiger partial charge in [-0.15, -0.1) is 0 Å². The van der Waals surface area contributed by atoms with Crippen LogP contribution in [0.15, 0.2) is 36.4 Å². The molecular formula is C12H12FNO. The number of hydrogen-bond acceptors (Lipinski definition) is 1. The van der Waals surface area contributed by atoms with Gasteiger partial charge < -0.3 is 4.90 Å². The molecule has 15 heavy (non-hydrogen) atoms. The van der Waals surface area contributed by atoms with Crippen LogP contribution in [0.4, 0.5) is 4.39 Å². The minimum atomic E-state index is -0.224. The Kier molecular flexibility index (Phi) is 2.81. The number of halogens is 1. The molecule has 1 aromatic carbocycles. The van der Waals surface area contributed by atoms with Crippen LogP contribution in [-0.2, 0) is 11.2 Å². The van der Waals surface area contributed by atoms with Gasteiger partial charge in [-0.1, -0.05) is 18.2 Å². The molecule has 0 saturated carbocycles. The van der Waals surface area contributed by atoms with E-state index in [1.807, 2.05) is 12.1 Å². The molecule has 0 spiro atoms. The van der Waals surface area contributed by atoms with E-state index < -0.39 is 0 Å². The molecule has 3 heteroatoms. The maximum Gasteiger partial charge on any atom is 0.246 e. The SMILES string of the molecule is O=C1C=CCN1CCc1cccc(F)c1. The number of rotatable bonds is 3. The second kappa shape index (κ2) is 4.26. The molecule has 78 valence electrons. The zero-order valence-corrected chi connectivity index (χ0v) is 8.32. The number of hydrogen-bond donors (Lipinski definition) is 0. The molecule has 1 amide bonds. The third-order valence-corrected chi connectivity index (χ3v) is 2.46. The fourth-order valence-corrected chi connectivity index (χ4v) is 1.63. The second-order valence-corrected chi connectivity index (χ2v) is 3.57. The van der Waals surface area contributed by atoms with Crippen molar-refractivity contribution < 1.29 is 9.18 Å². The van der Waals surface area contributed by atoms with Gasteiger partial charge in [-0.25, -0.2) is 4.39 Å². The number of carbonyl (C=O) groups excluding carboxylic acids is 1. The Morgan fingerprint density at radius 3 is 2.93 bits per heavy atom. The third kappa shape index (κ3) is 2.43. The van der Waals surface area contributed by atoms with Gasteiger partial charge in [0.15, 0.2) is 0 Å². The minimum absolute atomic E-state index is 0.0476. The van der Waals surface area contributed by atoms with Crippen LogP contribution in [0.25, 0.3) is 0 Å². The van der Waals surface area contributed by atoms with Crippen molar-refractivity contribution in [3.8, 4) is 0 Å². The predicted octanol–water partition coefficient (Wildman–Crippen LogP) is 1.77. The standard InChI is InChI=1S/C12H12FNO/c13-11-4-1-3-10(9-11)6-8-14-7-2-5-12(14)15/h1-5,9H,6-8H2. The van der Waals surface area contributed by atoms with Crippen molar-refractivity contribution in [1.82, 2.24) is 4.90 Å². The van der Waals surface area contributed by atoms with E-state index in [0.717, 1.165) is 5.56 Å². The van der Waals surface area contributed by atoms with E-state index in [9.17, 15) is 9.18 Å². The van der Waals surface area contributed by atoms with Crippen LogP contribution in [0.5, 0.6) is 0 Å². The van der Waals surface area contributed by atoms with Gasteiger partial charge in [0.1, 0.15) is 5.82 Å². The Morgan fingerprint density at radius 2 is 2.27 bits per heavy atom. The van der Waals surface area contributed by atoms with Crippen molar-refractivity contribution >= 4 is 5.91 Å². The van der Waals surface area contributed by atoms with E-state index in [4.69, 9.17) is 0 Å². The van der Waals surface area contributed by atoms with Gasteiger partial charge in [-0.3, -0.25) is 4.79 Å². The van der Waals surface area contributed by atoms with Gasteiger partial charge in [0, 0.05) is 19.2 Å². The van der Waals surface area contributed by atoms with Crippen LogP contribution in [0.3, 0.4) is 0 Å². The molecular weight excluding hydrogens is 193 g/mol. The summed E-state index contributed by atoms with van der Waals surface area (Å²) in [6.07, 6.45) is 4.12. The summed E-state index contributed by atoms with van der Waals surface area (Å²) in [7, 11) is 0. The summed E-state index contributed by atoms with van der Waals surface area (Å²) in [5.74, 6) is -0.176. The molecule has 0 aromatic heterocycles. The highest BCUT2D eigenvalue weighted by atomic mass is 19.1. The van der Waals surface area contributed by atoms with Crippen LogP contribution >= 0.6 is 0 Å². The molecule has 0 atom stereocenters. The molecule has 0 bridgehead atoms. The summed E-state index contributed by atoms with van der Waals surface area (Å²) in [6, 6.07) is 6.49. The molecule has 1 aliphatic rings. The summed E-state index contributed by atoms with van der Waals surface area (Å²) >= 11 is 0. The summed E-state index contributed by atoms with van der Waals surface area (Å²) in [5.41, 5.74) is 0.926. The van der Waals surface area contributed by atoms with Crippen molar-refractivity contribution in [3.63, 3.8) is 0 Å². The highest BCUT2D eigenvalue weighted by Crippen LogP contribution is 2.07. The van der Waals surface area contributed by atoms with Crippen molar-refractivity contribution in [2.45, 2.75) is 6.42 Å². The summed E-state index contributed by atoms with van der Waals surface area (Å²) < 4.78 is 12.9. The lowest BCUT2D eigenvalue weighted by Gasteiger charge is -2.15. The Bertz CT molecular complexity index is 400. The van der Waals surface area contributed by atoms with Crippen LogP contribution in [0, 0.1) is 5.82 Å². The maximum atomic E-state index is 12.9. The van der Waals surface area contributed by atoms with Gasteiger partial charge in [0.05, 0.1) is 0 Å². The van der Waals surface area contributed by atoms with Crippen LogP contribution in [-0.4, -0.2) is 23.9 Å². The van der Waals surface area contributed by atoms with E-state index in [-0.39, 0.29) is 11.7 Å². The second-order valence-electron chi connectivity index (χ2n) is 3.57. The average Bonchev–Trinajstić information content (AvgIpc) is 2.61. The molecule has 1 aromatic rings. The van der Waals surface area contributed by atoms with Gasteiger partial charge in [-0.05, 0) is 24.1 Å². The predicted molar refractivity (Wildman–Crippen MR) is 55.8 cm³/mol. The summed E-state index contributed by atoms with van der Waals surface area (Å²) in [6.45, 7) is 1.32. The number of carbonyl (C=O) groups is 1. The van der Waals surface area contributed by atoms with Gasteiger partial charge in [-0.2, -0.15) is 0 Å². The highest BCUT2D eigenvalue weighted by Gasteiger charge is 2.13. The molecule has 1 heterocycles. The molecule has 0 fully saturated rings. The Hall–Kier alpha value is -1.64. The Morgan fingerprint density at radius 1 is 1.40 bits per heavy atom. The third-order valence-electron chi connectivity index (χ3n) is 2.46. The molecule has 0 radical (unpaired) electrons. The van der Waals surface area contributed by atoms with E-state index in [2.05, 4.69) is 0 Å². The van der Waals surface area contributed by atoms with Crippen molar-refractivity contribution in [1.29, 1.82) is 0 Å². The fourth-order valence-electron chi connectivity index (χ4n) is 1.63. The molecule has 0 aliphatic carbocycles. The quantitative estimate of drug-likeness (QED) is 0.736. The maximum absolute atomic E-state index is 12.9. The van der Waals surface area contributed by atoms with E-state index in [1.54, 1.807) is 17.0 Å². The van der Waals surface area contributed by atoms with Crippen LogP contribution < -0.4 is 0 Å².